The van der Waals surface area contributed by atoms with Crippen molar-refractivity contribution in [1.29, 1.82) is 0 Å². The predicted molar refractivity (Wildman–Crippen MR) is 94.3 cm³/mol. The Labute approximate surface area is 152 Å². The molecule has 1 aromatic heterocycles. The molecule has 1 aromatic carbocycles. The minimum Gasteiger partial charge on any atom is -0.550 e. The molecule has 0 aliphatic heterocycles. The number of hydrogen-bond acceptors (Lipinski definition) is 5. The Kier molecular flexibility index (Phi) is 5.30. The van der Waals surface area contributed by atoms with Gasteiger partial charge in [-0.05, 0) is 25.0 Å². The summed E-state index contributed by atoms with van der Waals surface area (Å²) in [6.45, 7) is 0. The minimum atomic E-state index is -1.13. The standard InChI is InChI=1S/C17H17BrN2O3S/c18-11-7-5-10(6-8-11)14-9-24-17(19-14)20-15(21)12-3-1-2-4-13(12)16(22)23/h5-9,12-13H,1-4H2,(H,22,23)(H,19,20,21)/p-1/t12-,13+/m1/s1. The number of amides is 1. The van der Waals surface area contributed by atoms with Crippen LogP contribution in [0.2, 0.25) is 0 Å². The van der Waals surface area contributed by atoms with Crippen molar-refractivity contribution >= 4 is 44.3 Å². The molecule has 0 radical (unpaired) electrons. The molecule has 7 heteroatoms. The number of halogens is 1. The Morgan fingerprint density at radius 1 is 1.17 bits per heavy atom. The van der Waals surface area contributed by atoms with E-state index in [9.17, 15) is 14.7 Å². The zero-order valence-electron chi connectivity index (χ0n) is 12.8. The van der Waals surface area contributed by atoms with Gasteiger partial charge < -0.3 is 15.2 Å². The number of carbonyl (C=O) groups excluding carboxylic acids is 2. The number of aromatic nitrogens is 1. The molecule has 0 spiro atoms. The van der Waals surface area contributed by atoms with Crippen LogP contribution in [0.3, 0.4) is 0 Å². The topological polar surface area (TPSA) is 82.1 Å². The Hall–Kier alpha value is -1.73. The number of carbonyl (C=O) groups is 2. The second kappa shape index (κ2) is 7.44. The van der Waals surface area contributed by atoms with E-state index in [0.717, 1.165) is 28.6 Å². The molecule has 0 unspecified atom stereocenters. The zero-order valence-corrected chi connectivity index (χ0v) is 15.2. The first-order chi connectivity index (χ1) is 11.5. The first-order valence-corrected chi connectivity index (χ1v) is 9.45. The number of carboxylic acid groups (broad SMARTS) is 1. The summed E-state index contributed by atoms with van der Waals surface area (Å²) in [5, 5.41) is 16.4. The highest BCUT2D eigenvalue weighted by atomic mass is 79.9. The average molecular weight is 408 g/mol. The van der Waals surface area contributed by atoms with Crippen LogP contribution in [0.1, 0.15) is 25.7 Å². The fraction of sp³-hybridized carbons (Fsp3) is 0.353. The van der Waals surface area contributed by atoms with Gasteiger partial charge in [-0.25, -0.2) is 4.98 Å². The summed E-state index contributed by atoms with van der Waals surface area (Å²) >= 11 is 4.72. The Bertz CT molecular complexity index is 745. The molecule has 1 aliphatic carbocycles. The predicted octanol–water partition coefficient (Wildman–Crippen LogP) is 3.07. The number of rotatable bonds is 4. The largest absolute Gasteiger partial charge is 0.550 e. The van der Waals surface area contributed by atoms with Gasteiger partial charge in [0.05, 0.1) is 5.69 Å². The highest BCUT2D eigenvalue weighted by Gasteiger charge is 2.32. The SMILES string of the molecule is O=C([O-])[C@H]1CCCC[C@H]1C(=O)Nc1nc(-c2ccc(Br)cc2)cs1. The number of thiazole rings is 1. The number of anilines is 1. The smallest absolute Gasteiger partial charge is 0.229 e. The highest BCUT2D eigenvalue weighted by Crippen LogP contribution is 2.32. The Morgan fingerprint density at radius 3 is 2.50 bits per heavy atom. The number of aliphatic carboxylic acids is 1. The molecule has 0 bridgehead atoms. The number of carboxylic acids is 1. The van der Waals surface area contributed by atoms with Gasteiger partial charge in [-0.2, -0.15) is 0 Å². The summed E-state index contributed by atoms with van der Waals surface area (Å²) < 4.78 is 0.987. The van der Waals surface area contributed by atoms with Crippen molar-refractivity contribution < 1.29 is 14.7 Å². The number of nitrogens with zero attached hydrogens (tertiary/aromatic N) is 1. The van der Waals surface area contributed by atoms with E-state index in [0.29, 0.717) is 18.0 Å². The van der Waals surface area contributed by atoms with Gasteiger partial charge in [0.1, 0.15) is 0 Å². The van der Waals surface area contributed by atoms with Gasteiger partial charge in [-0.3, -0.25) is 4.79 Å². The summed E-state index contributed by atoms with van der Waals surface area (Å²) in [5.74, 6) is -2.65. The monoisotopic (exact) mass is 407 g/mol. The van der Waals surface area contributed by atoms with Crippen molar-refractivity contribution in [2.24, 2.45) is 11.8 Å². The van der Waals surface area contributed by atoms with E-state index in [2.05, 4.69) is 26.2 Å². The first-order valence-electron chi connectivity index (χ1n) is 7.78. The number of nitrogens with one attached hydrogen (secondary N) is 1. The molecule has 0 saturated heterocycles. The van der Waals surface area contributed by atoms with E-state index in [1.54, 1.807) is 0 Å². The van der Waals surface area contributed by atoms with Crippen LogP contribution in [0.15, 0.2) is 34.1 Å². The normalized spacial score (nSPS) is 20.5. The van der Waals surface area contributed by atoms with E-state index in [1.165, 1.54) is 11.3 Å². The third kappa shape index (κ3) is 3.84. The van der Waals surface area contributed by atoms with Crippen molar-refractivity contribution in [3.8, 4) is 11.3 Å². The molecular weight excluding hydrogens is 392 g/mol. The summed E-state index contributed by atoms with van der Waals surface area (Å²) in [6, 6.07) is 7.74. The summed E-state index contributed by atoms with van der Waals surface area (Å²) in [7, 11) is 0. The molecular formula is C17H16BrN2O3S-. The fourth-order valence-corrected chi connectivity index (χ4v) is 4.00. The van der Waals surface area contributed by atoms with Crippen LogP contribution in [0.4, 0.5) is 5.13 Å². The van der Waals surface area contributed by atoms with E-state index >= 15 is 0 Å². The third-order valence-corrected chi connectivity index (χ3v) is 5.57. The van der Waals surface area contributed by atoms with E-state index in [-0.39, 0.29) is 5.91 Å². The van der Waals surface area contributed by atoms with Crippen LogP contribution in [-0.2, 0) is 9.59 Å². The molecule has 2 aromatic rings. The molecule has 2 atom stereocenters. The quantitative estimate of drug-likeness (QED) is 0.843. The van der Waals surface area contributed by atoms with Gasteiger partial charge in [0.15, 0.2) is 5.13 Å². The van der Waals surface area contributed by atoms with E-state index in [4.69, 9.17) is 0 Å². The van der Waals surface area contributed by atoms with Crippen LogP contribution < -0.4 is 10.4 Å². The number of hydrogen-bond donors (Lipinski definition) is 1. The maximum Gasteiger partial charge on any atom is 0.229 e. The van der Waals surface area contributed by atoms with Gasteiger partial charge in [0, 0.05) is 33.2 Å². The van der Waals surface area contributed by atoms with Gasteiger partial charge in [-0.1, -0.05) is 40.9 Å². The lowest BCUT2D eigenvalue weighted by Gasteiger charge is -2.30. The molecule has 1 aliphatic rings. The second-order valence-electron chi connectivity index (χ2n) is 5.85. The van der Waals surface area contributed by atoms with Crippen LogP contribution >= 0.6 is 27.3 Å². The lowest BCUT2D eigenvalue weighted by molar-refractivity contribution is -0.313. The third-order valence-electron chi connectivity index (χ3n) is 4.28. The lowest BCUT2D eigenvalue weighted by Crippen LogP contribution is -2.42. The lowest BCUT2D eigenvalue weighted by atomic mass is 9.79. The average Bonchev–Trinajstić information content (AvgIpc) is 3.04. The van der Waals surface area contributed by atoms with Crippen molar-refractivity contribution in [2.45, 2.75) is 25.7 Å². The van der Waals surface area contributed by atoms with Crippen molar-refractivity contribution in [3.63, 3.8) is 0 Å². The highest BCUT2D eigenvalue weighted by molar-refractivity contribution is 9.10. The van der Waals surface area contributed by atoms with Crippen molar-refractivity contribution in [2.75, 3.05) is 5.32 Å². The molecule has 1 fully saturated rings. The summed E-state index contributed by atoms with van der Waals surface area (Å²) in [6.07, 6.45) is 2.77. The zero-order chi connectivity index (χ0) is 17.1. The second-order valence-corrected chi connectivity index (χ2v) is 7.62. The molecule has 5 nitrogen and oxygen atoms in total. The van der Waals surface area contributed by atoms with Crippen molar-refractivity contribution in [3.05, 3.63) is 34.1 Å². The van der Waals surface area contributed by atoms with Gasteiger partial charge >= 0.3 is 0 Å². The maximum atomic E-state index is 12.4. The summed E-state index contributed by atoms with van der Waals surface area (Å²) in [4.78, 5) is 28.1. The Balaban J connectivity index is 1.70. The fourth-order valence-electron chi connectivity index (χ4n) is 3.01. The van der Waals surface area contributed by atoms with Gasteiger partial charge in [0.2, 0.25) is 5.91 Å². The van der Waals surface area contributed by atoms with Gasteiger partial charge in [0.25, 0.3) is 0 Å². The van der Waals surface area contributed by atoms with Crippen LogP contribution in [0.25, 0.3) is 11.3 Å². The molecule has 24 heavy (non-hydrogen) atoms. The van der Waals surface area contributed by atoms with Crippen LogP contribution in [-0.4, -0.2) is 16.9 Å². The molecule has 1 N–H and O–H groups in total. The molecule has 3 rings (SSSR count). The van der Waals surface area contributed by atoms with Crippen molar-refractivity contribution in [1.82, 2.24) is 4.98 Å². The van der Waals surface area contributed by atoms with E-state index < -0.39 is 17.8 Å². The van der Waals surface area contributed by atoms with Gasteiger partial charge in [-0.15, -0.1) is 11.3 Å². The van der Waals surface area contributed by atoms with E-state index in [1.807, 2.05) is 29.6 Å². The molecule has 126 valence electrons. The molecule has 1 saturated carbocycles. The molecule has 1 heterocycles. The Morgan fingerprint density at radius 2 is 1.83 bits per heavy atom. The van der Waals surface area contributed by atoms with Crippen LogP contribution in [0.5, 0.6) is 0 Å². The number of benzene rings is 1. The van der Waals surface area contributed by atoms with Crippen LogP contribution in [0, 0.1) is 11.8 Å². The molecule has 1 amide bonds. The minimum absolute atomic E-state index is 0.277. The maximum absolute atomic E-state index is 12.4. The summed E-state index contributed by atoms with van der Waals surface area (Å²) in [5.41, 5.74) is 1.74. The first kappa shape index (κ1) is 17.1.